The molecule has 1 aliphatic rings. The molecule has 20 heavy (non-hydrogen) atoms. The van der Waals surface area contributed by atoms with E-state index in [1.54, 1.807) is 0 Å². The van der Waals surface area contributed by atoms with E-state index in [4.69, 9.17) is 4.74 Å². The number of aryl methyl sites for hydroxylation is 1. The van der Waals surface area contributed by atoms with E-state index in [2.05, 4.69) is 16.7 Å². The van der Waals surface area contributed by atoms with Crippen LogP contribution in [0.1, 0.15) is 12.0 Å². The molecule has 1 aromatic carbocycles. The van der Waals surface area contributed by atoms with Gasteiger partial charge in [-0.2, -0.15) is 0 Å². The normalized spacial score (nSPS) is 18.6. The summed E-state index contributed by atoms with van der Waals surface area (Å²) in [5, 5.41) is 6.25. The van der Waals surface area contributed by atoms with E-state index in [1.807, 2.05) is 38.1 Å². The van der Waals surface area contributed by atoms with Crippen molar-refractivity contribution in [2.24, 2.45) is 0 Å². The Morgan fingerprint density at radius 1 is 1.50 bits per heavy atom. The van der Waals surface area contributed by atoms with E-state index < -0.39 is 0 Å². The summed E-state index contributed by atoms with van der Waals surface area (Å²) >= 11 is 0. The zero-order valence-electron chi connectivity index (χ0n) is 12.4. The highest BCUT2D eigenvalue weighted by Gasteiger charge is 2.17. The van der Waals surface area contributed by atoms with Gasteiger partial charge >= 0.3 is 0 Å². The third-order valence-electron chi connectivity index (χ3n) is 3.43. The monoisotopic (exact) mass is 277 g/mol. The Kier molecular flexibility index (Phi) is 4.98. The Hall–Kier alpha value is -1.59. The maximum atomic E-state index is 12.0. The van der Waals surface area contributed by atoms with E-state index in [0.717, 1.165) is 30.1 Å². The number of hydrogen-bond donors (Lipinski definition) is 2. The number of hydrogen-bond acceptors (Lipinski definition) is 4. The first-order valence-corrected chi connectivity index (χ1v) is 6.95. The molecule has 0 radical (unpaired) electrons. The van der Waals surface area contributed by atoms with Crippen LogP contribution in [0.5, 0.6) is 0 Å². The standard InChI is InChI=1S/C15H23N3O2/c1-11-8-13(18(2)3)4-5-14(11)17-15(19)9-12-10-20-7-6-16-12/h4-5,8,12,16H,6-7,9-10H2,1-3H3,(H,17,19). The largest absolute Gasteiger partial charge is 0.378 e. The van der Waals surface area contributed by atoms with Gasteiger partial charge in [-0.3, -0.25) is 4.79 Å². The Bertz CT molecular complexity index is 468. The van der Waals surface area contributed by atoms with Crippen LogP contribution in [-0.4, -0.2) is 45.8 Å². The molecule has 5 nitrogen and oxygen atoms in total. The summed E-state index contributed by atoms with van der Waals surface area (Å²) in [6.45, 7) is 4.15. The summed E-state index contributed by atoms with van der Waals surface area (Å²) in [5.74, 6) is 0.0219. The molecule has 1 unspecified atom stereocenters. The third kappa shape index (κ3) is 3.95. The first-order valence-electron chi connectivity index (χ1n) is 6.95. The highest BCUT2D eigenvalue weighted by molar-refractivity contribution is 5.92. The molecule has 1 atom stereocenters. The highest BCUT2D eigenvalue weighted by Crippen LogP contribution is 2.21. The second-order valence-electron chi connectivity index (χ2n) is 5.37. The molecular formula is C15H23N3O2. The fourth-order valence-corrected chi connectivity index (χ4v) is 2.24. The van der Waals surface area contributed by atoms with Gasteiger partial charge in [-0.15, -0.1) is 0 Å². The number of morpholine rings is 1. The van der Waals surface area contributed by atoms with Crippen molar-refractivity contribution >= 4 is 17.3 Å². The quantitative estimate of drug-likeness (QED) is 0.873. The number of rotatable bonds is 4. The van der Waals surface area contributed by atoms with Crippen LogP contribution in [0.25, 0.3) is 0 Å². The lowest BCUT2D eigenvalue weighted by Crippen LogP contribution is -2.43. The summed E-state index contributed by atoms with van der Waals surface area (Å²) in [4.78, 5) is 14.1. The van der Waals surface area contributed by atoms with Gasteiger partial charge in [0.15, 0.2) is 0 Å². The van der Waals surface area contributed by atoms with Crippen molar-refractivity contribution in [2.75, 3.05) is 44.1 Å². The maximum absolute atomic E-state index is 12.0. The lowest BCUT2D eigenvalue weighted by molar-refractivity contribution is -0.117. The summed E-state index contributed by atoms with van der Waals surface area (Å²) in [6, 6.07) is 6.14. The van der Waals surface area contributed by atoms with Gasteiger partial charge in [0, 0.05) is 44.5 Å². The van der Waals surface area contributed by atoms with Gasteiger partial charge in [0.1, 0.15) is 0 Å². The minimum absolute atomic E-state index is 0.0219. The number of ether oxygens (including phenoxy) is 1. The minimum atomic E-state index is 0.0219. The highest BCUT2D eigenvalue weighted by atomic mass is 16.5. The Morgan fingerprint density at radius 3 is 2.90 bits per heavy atom. The smallest absolute Gasteiger partial charge is 0.226 e. The van der Waals surface area contributed by atoms with Crippen LogP contribution in [0, 0.1) is 6.92 Å². The molecule has 0 saturated carbocycles. The van der Waals surface area contributed by atoms with Crippen molar-refractivity contribution in [3.8, 4) is 0 Å². The molecule has 0 spiro atoms. The Morgan fingerprint density at radius 2 is 2.30 bits per heavy atom. The number of anilines is 2. The topological polar surface area (TPSA) is 53.6 Å². The molecule has 2 rings (SSSR count). The van der Waals surface area contributed by atoms with Crippen LogP contribution < -0.4 is 15.5 Å². The molecule has 2 N–H and O–H groups in total. The Labute approximate surface area is 120 Å². The molecule has 0 aliphatic carbocycles. The van der Waals surface area contributed by atoms with E-state index in [0.29, 0.717) is 13.0 Å². The molecule has 110 valence electrons. The van der Waals surface area contributed by atoms with Gasteiger partial charge in [-0.1, -0.05) is 0 Å². The average Bonchev–Trinajstić information content (AvgIpc) is 2.42. The number of nitrogens with zero attached hydrogens (tertiary/aromatic N) is 1. The second kappa shape index (κ2) is 6.72. The molecule has 1 amide bonds. The molecule has 5 heteroatoms. The van der Waals surface area contributed by atoms with Crippen LogP contribution in [0.3, 0.4) is 0 Å². The fraction of sp³-hybridized carbons (Fsp3) is 0.533. The summed E-state index contributed by atoms with van der Waals surface area (Å²) in [7, 11) is 4.00. The van der Waals surface area contributed by atoms with Gasteiger partial charge in [0.25, 0.3) is 0 Å². The number of carbonyl (C=O) groups excluding carboxylic acids is 1. The second-order valence-corrected chi connectivity index (χ2v) is 5.37. The maximum Gasteiger partial charge on any atom is 0.226 e. The van der Waals surface area contributed by atoms with Gasteiger partial charge in [0.05, 0.1) is 13.2 Å². The van der Waals surface area contributed by atoms with Gasteiger partial charge < -0.3 is 20.3 Å². The van der Waals surface area contributed by atoms with E-state index in [1.165, 1.54) is 0 Å². The summed E-state index contributed by atoms with van der Waals surface area (Å²) in [6.07, 6.45) is 0.439. The van der Waals surface area contributed by atoms with Crippen molar-refractivity contribution in [3.63, 3.8) is 0 Å². The predicted molar refractivity (Wildman–Crippen MR) is 81.4 cm³/mol. The number of nitrogens with one attached hydrogen (secondary N) is 2. The van der Waals surface area contributed by atoms with E-state index >= 15 is 0 Å². The zero-order valence-corrected chi connectivity index (χ0v) is 12.4. The predicted octanol–water partition coefficient (Wildman–Crippen LogP) is 1.38. The van der Waals surface area contributed by atoms with Crippen LogP contribution >= 0.6 is 0 Å². The average molecular weight is 277 g/mol. The molecule has 1 saturated heterocycles. The van der Waals surface area contributed by atoms with Crippen molar-refractivity contribution in [3.05, 3.63) is 23.8 Å². The van der Waals surface area contributed by atoms with Gasteiger partial charge in [-0.05, 0) is 30.7 Å². The van der Waals surface area contributed by atoms with Gasteiger partial charge in [0.2, 0.25) is 5.91 Å². The van der Waals surface area contributed by atoms with Crippen molar-refractivity contribution in [1.29, 1.82) is 0 Å². The molecule has 1 heterocycles. The van der Waals surface area contributed by atoms with Crippen LogP contribution in [0.2, 0.25) is 0 Å². The van der Waals surface area contributed by atoms with Crippen molar-refractivity contribution in [1.82, 2.24) is 5.32 Å². The summed E-state index contributed by atoms with van der Waals surface area (Å²) < 4.78 is 5.35. The number of carbonyl (C=O) groups is 1. The van der Waals surface area contributed by atoms with Crippen molar-refractivity contribution < 1.29 is 9.53 Å². The lowest BCUT2D eigenvalue weighted by atomic mass is 10.1. The van der Waals surface area contributed by atoms with E-state index in [-0.39, 0.29) is 11.9 Å². The number of benzene rings is 1. The lowest BCUT2D eigenvalue weighted by Gasteiger charge is -2.23. The molecule has 1 aromatic rings. The van der Waals surface area contributed by atoms with Crippen LogP contribution in [0.15, 0.2) is 18.2 Å². The van der Waals surface area contributed by atoms with Crippen LogP contribution in [0.4, 0.5) is 11.4 Å². The first kappa shape index (κ1) is 14.8. The Balaban J connectivity index is 1.93. The van der Waals surface area contributed by atoms with Crippen LogP contribution in [-0.2, 0) is 9.53 Å². The fourth-order valence-electron chi connectivity index (χ4n) is 2.24. The SMILES string of the molecule is Cc1cc(N(C)C)ccc1NC(=O)CC1COCCN1. The molecule has 1 aliphatic heterocycles. The molecular weight excluding hydrogens is 254 g/mol. The molecule has 0 bridgehead atoms. The third-order valence-corrected chi connectivity index (χ3v) is 3.43. The number of amides is 1. The summed E-state index contributed by atoms with van der Waals surface area (Å²) in [5.41, 5.74) is 3.07. The zero-order chi connectivity index (χ0) is 14.5. The first-order chi connectivity index (χ1) is 9.56. The van der Waals surface area contributed by atoms with E-state index in [9.17, 15) is 4.79 Å². The minimum Gasteiger partial charge on any atom is -0.378 e. The molecule has 0 aromatic heterocycles. The molecule has 1 fully saturated rings. The van der Waals surface area contributed by atoms with Gasteiger partial charge in [-0.25, -0.2) is 0 Å². The van der Waals surface area contributed by atoms with Crippen molar-refractivity contribution in [2.45, 2.75) is 19.4 Å².